The minimum absolute atomic E-state index is 0.0596. The molecule has 1 fully saturated rings. The van der Waals surface area contributed by atoms with E-state index in [1.54, 1.807) is 0 Å². The van der Waals surface area contributed by atoms with E-state index in [0.717, 1.165) is 24.9 Å². The summed E-state index contributed by atoms with van der Waals surface area (Å²) >= 11 is 0. The van der Waals surface area contributed by atoms with E-state index < -0.39 is 11.6 Å². The van der Waals surface area contributed by atoms with E-state index in [9.17, 15) is 8.78 Å². The molecule has 1 N–H and O–H groups in total. The summed E-state index contributed by atoms with van der Waals surface area (Å²) in [6, 6.07) is 3.71. The fraction of sp³-hybridized carbons (Fsp3) is 0.571. The highest BCUT2D eigenvalue weighted by Crippen LogP contribution is 2.29. The fourth-order valence-electron chi connectivity index (χ4n) is 2.25. The smallest absolute Gasteiger partial charge is 0.130 e. The van der Waals surface area contributed by atoms with Crippen LogP contribution >= 0.6 is 0 Å². The Morgan fingerprint density at radius 2 is 2.12 bits per heavy atom. The lowest BCUT2D eigenvalue weighted by Crippen LogP contribution is -2.24. The van der Waals surface area contributed by atoms with Gasteiger partial charge in [0, 0.05) is 17.7 Å². The molecule has 0 heterocycles. The third-order valence-electron chi connectivity index (χ3n) is 3.66. The van der Waals surface area contributed by atoms with Gasteiger partial charge in [0.25, 0.3) is 0 Å². The molecule has 17 heavy (non-hydrogen) atoms. The van der Waals surface area contributed by atoms with Gasteiger partial charge in [-0.05, 0) is 31.9 Å². The SMILES string of the molecule is CC(NCCC1CCC1)c1ccc(F)cc1F. The van der Waals surface area contributed by atoms with Crippen LogP contribution in [-0.2, 0) is 0 Å². The van der Waals surface area contributed by atoms with Gasteiger partial charge in [-0.15, -0.1) is 0 Å². The van der Waals surface area contributed by atoms with Crippen molar-refractivity contribution in [3.8, 4) is 0 Å². The topological polar surface area (TPSA) is 12.0 Å². The molecule has 0 saturated heterocycles. The van der Waals surface area contributed by atoms with Crippen molar-refractivity contribution in [2.75, 3.05) is 6.54 Å². The van der Waals surface area contributed by atoms with Crippen LogP contribution in [-0.4, -0.2) is 6.54 Å². The molecule has 94 valence electrons. The molecule has 1 nitrogen and oxygen atoms in total. The molecule has 1 saturated carbocycles. The molecule has 2 rings (SSSR count). The largest absolute Gasteiger partial charge is 0.310 e. The van der Waals surface area contributed by atoms with Gasteiger partial charge in [-0.25, -0.2) is 8.78 Å². The third-order valence-corrected chi connectivity index (χ3v) is 3.66. The van der Waals surface area contributed by atoms with Gasteiger partial charge in [0.15, 0.2) is 0 Å². The molecule has 0 spiro atoms. The molecular weight excluding hydrogens is 220 g/mol. The Hall–Kier alpha value is -0.960. The zero-order valence-electron chi connectivity index (χ0n) is 10.2. The summed E-state index contributed by atoms with van der Waals surface area (Å²) in [5.74, 6) is -0.130. The van der Waals surface area contributed by atoms with Crippen molar-refractivity contribution in [2.24, 2.45) is 5.92 Å². The van der Waals surface area contributed by atoms with Crippen molar-refractivity contribution >= 4 is 0 Å². The molecule has 1 aliphatic rings. The molecule has 1 aromatic carbocycles. The van der Waals surface area contributed by atoms with Gasteiger partial charge in [-0.3, -0.25) is 0 Å². The highest BCUT2D eigenvalue weighted by atomic mass is 19.1. The molecule has 0 radical (unpaired) electrons. The van der Waals surface area contributed by atoms with Crippen molar-refractivity contribution in [3.05, 3.63) is 35.4 Å². The monoisotopic (exact) mass is 239 g/mol. The molecule has 1 atom stereocenters. The second kappa shape index (κ2) is 5.58. The van der Waals surface area contributed by atoms with Crippen LogP contribution < -0.4 is 5.32 Å². The molecule has 0 aliphatic heterocycles. The maximum atomic E-state index is 13.5. The summed E-state index contributed by atoms with van der Waals surface area (Å²) in [7, 11) is 0. The summed E-state index contributed by atoms with van der Waals surface area (Å²) in [6.07, 6.45) is 5.18. The Morgan fingerprint density at radius 1 is 1.35 bits per heavy atom. The standard InChI is InChI=1S/C14H19F2N/c1-10(17-8-7-11-3-2-4-11)13-6-5-12(15)9-14(13)16/h5-6,9-11,17H,2-4,7-8H2,1H3. The summed E-state index contributed by atoms with van der Waals surface area (Å²) in [5.41, 5.74) is 0.542. The predicted molar refractivity (Wildman–Crippen MR) is 64.7 cm³/mol. The van der Waals surface area contributed by atoms with Gasteiger partial charge in [0.2, 0.25) is 0 Å². The number of nitrogens with one attached hydrogen (secondary N) is 1. The molecular formula is C14H19F2N. The van der Waals surface area contributed by atoms with Crippen molar-refractivity contribution in [3.63, 3.8) is 0 Å². The van der Waals surface area contributed by atoms with Crippen LogP contribution in [0.4, 0.5) is 8.78 Å². The van der Waals surface area contributed by atoms with Gasteiger partial charge in [0.05, 0.1) is 0 Å². The zero-order chi connectivity index (χ0) is 12.3. The normalized spacial score (nSPS) is 17.8. The average Bonchev–Trinajstić information content (AvgIpc) is 2.21. The Kier molecular flexibility index (Phi) is 4.11. The lowest BCUT2D eigenvalue weighted by atomic mass is 9.83. The lowest BCUT2D eigenvalue weighted by Gasteiger charge is -2.26. The maximum absolute atomic E-state index is 13.5. The molecule has 1 unspecified atom stereocenters. The van der Waals surface area contributed by atoms with Crippen molar-refractivity contribution < 1.29 is 8.78 Å². The van der Waals surface area contributed by atoms with Gasteiger partial charge >= 0.3 is 0 Å². The fourth-order valence-corrected chi connectivity index (χ4v) is 2.25. The van der Waals surface area contributed by atoms with Gasteiger partial charge in [-0.1, -0.05) is 25.3 Å². The third kappa shape index (κ3) is 3.25. The van der Waals surface area contributed by atoms with Crippen LogP contribution in [0.2, 0.25) is 0 Å². The van der Waals surface area contributed by atoms with Crippen LogP contribution in [0, 0.1) is 17.6 Å². The molecule has 0 bridgehead atoms. The number of hydrogen-bond donors (Lipinski definition) is 1. The minimum atomic E-state index is -0.520. The van der Waals surface area contributed by atoms with E-state index in [2.05, 4.69) is 5.32 Å². The summed E-state index contributed by atoms with van der Waals surface area (Å²) in [4.78, 5) is 0. The number of rotatable bonds is 5. The number of hydrogen-bond acceptors (Lipinski definition) is 1. The maximum Gasteiger partial charge on any atom is 0.130 e. The second-order valence-corrected chi connectivity index (χ2v) is 4.93. The van der Waals surface area contributed by atoms with Crippen molar-refractivity contribution in [1.82, 2.24) is 5.32 Å². The van der Waals surface area contributed by atoms with Crippen molar-refractivity contribution in [1.29, 1.82) is 0 Å². The molecule has 1 aromatic rings. The first-order chi connectivity index (χ1) is 8.16. The summed E-state index contributed by atoms with van der Waals surface area (Å²) < 4.78 is 26.2. The van der Waals surface area contributed by atoms with Crippen LogP contribution in [0.15, 0.2) is 18.2 Å². The quantitative estimate of drug-likeness (QED) is 0.824. The molecule has 0 amide bonds. The molecule has 1 aliphatic carbocycles. The van der Waals surface area contributed by atoms with Gasteiger partial charge in [-0.2, -0.15) is 0 Å². The van der Waals surface area contributed by atoms with Gasteiger partial charge < -0.3 is 5.32 Å². The second-order valence-electron chi connectivity index (χ2n) is 4.93. The predicted octanol–water partition coefficient (Wildman–Crippen LogP) is 3.81. The van der Waals surface area contributed by atoms with E-state index >= 15 is 0 Å². The molecule has 0 aromatic heterocycles. The minimum Gasteiger partial charge on any atom is -0.310 e. The Morgan fingerprint density at radius 3 is 2.71 bits per heavy atom. The number of halogens is 2. The van der Waals surface area contributed by atoms with Gasteiger partial charge in [0.1, 0.15) is 11.6 Å². The average molecular weight is 239 g/mol. The number of benzene rings is 1. The van der Waals surface area contributed by atoms with E-state index in [4.69, 9.17) is 0 Å². The van der Waals surface area contributed by atoms with E-state index in [-0.39, 0.29) is 6.04 Å². The highest BCUT2D eigenvalue weighted by molar-refractivity contribution is 5.21. The summed E-state index contributed by atoms with van der Waals surface area (Å²) in [6.45, 7) is 2.82. The Labute approximate surface area is 101 Å². The van der Waals surface area contributed by atoms with Crippen LogP contribution in [0.3, 0.4) is 0 Å². The van der Waals surface area contributed by atoms with E-state index in [1.165, 1.54) is 31.4 Å². The van der Waals surface area contributed by atoms with Crippen LogP contribution in [0.5, 0.6) is 0 Å². The first kappa shape index (κ1) is 12.5. The molecule has 3 heteroatoms. The highest BCUT2D eigenvalue weighted by Gasteiger charge is 2.17. The van der Waals surface area contributed by atoms with E-state index in [1.807, 2.05) is 6.92 Å². The first-order valence-electron chi connectivity index (χ1n) is 6.35. The van der Waals surface area contributed by atoms with Crippen LogP contribution in [0.1, 0.15) is 44.2 Å². The summed E-state index contributed by atoms with van der Waals surface area (Å²) in [5, 5.41) is 3.30. The Bertz CT molecular complexity index is 374. The van der Waals surface area contributed by atoms with Crippen LogP contribution in [0.25, 0.3) is 0 Å². The van der Waals surface area contributed by atoms with E-state index in [0.29, 0.717) is 5.56 Å². The van der Waals surface area contributed by atoms with Crippen molar-refractivity contribution in [2.45, 2.75) is 38.6 Å². The lowest BCUT2D eigenvalue weighted by molar-refractivity contribution is 0.288. The Balaban J connectivity index is 1.83. The zero-order valence-corrected chi connectivity index (χ0v) is 10.2. The first-order valence-corrected chi connectivity index (χ1v) is 6.35.